The number of carbonyl (C=O) groups is 1. The number of anilines is 1. The molecule has 1 aromatic heterocycles. The monoisotopic (exact) mass is 386 g/mol. The molecule has 7 heteroatoms. The Bertz CT molecular complexity index is 692. The Labute approximate surface area is 167 Å². The summed E-state index contributed by atoms with van der Waals surface area (Å²) in [5.41, 5.74) is 0.114. The molecule has 2 aliphatic heterocycles. The lowest BCUT2D eigenvalue weighted by molar-refractivity contribution is -0.0536. The lowest BCUT2D eigenvalue weighted by Crippen LogP contribution is -2.45. The van der Waals surface area contributed by atoms with Gasteiger partial charge in [0.25, 0.3) is 0 Å². The number of piperidine rings is 2. The SMILES string of the molecule is [C-]#[N+]c1ccc(N2CCC(OC3CCN(C(=O)OC(C)(C)C)CC3)CC2)nc1. The normalized spacial score (nSPS) is 19.4. The lowest BCUT2D eigenvalue weighted by atomic mass is 10.0. The predicted molar refractivity (Wildman–Crippen MR) is 108 cm³/mol. The van der Waals surface area contributed by atoms with Gasteiger partial charge in [0.2, 0.25) is 5.69 Å². The molecule has 2 saturated heterocycles. The summed E-state index contributed by atoms with van der Waals surface area (Å²) in [6.07, 6.45) is 5.54. The molecule has 152 valence electrons. The Morgan fingerprint density at radius 1 is 1.11 bits per heavy atom. The summed E-state index contributed by atoms with van der Waals surface area (Å²) >= 11 is 0. The van der Waals surface area contributed by atoms with Crippen molar-refractivity contribution in [2.24, 2.45) is 0 Å². The maximum Gasteiger partial charge on any atom is 0.410 e. The molecule has 0 aromatic carbocycles. The first-order valence-electron chi connectivity index (χ1n) is 10.1. The summed E-state index contributed by atoms with van der Waals surface area (Å²) in [7, 11) is 0. The van der Waals surface area contributed by atoms with E-state index in [1.165, 1.54) is 0 Å². The van der Waals surface area contributed by atoms with Crippen molar-refractivity contribution >= 4 is 17.6 Å². The van der Waals surface area contributed by atoms with Crippen molar-refractivity contribution < 1.29 is 14.3 Å². The third kappa shape index (κ3) is 5.59. The molecule has 3 heterocycles. The fraction of sp³-hybridized carbons (Fsp3) is 0.667. The minimum absolute atomic E-state index is 0.214. The first kappa shape index (κ1) is 20.4. The average Bonchev–Trinajstić information content (AvgIpc) is 2.68. The second-order valence-corrected chi connectivity index (χ2v) is 8.48. The van der Waals surface area contributed by atoms with Gasteiger partial charge < -0.3 is 19.3 Å². The van der Waals surface area contributed by atoms with E-state index in [-0.39, 0.29) is 18.3 Å². The molecule has 0 unspecified atom stereocenters. The van der Waals surface area contributed by atoms with E-state index in [9.17, 15) is 4.79 Å². The third-order valence-corrected chi connectivity index (χ3v) is 5.11. The second-order valence-electron chi connectivity index (χ2n) is 8.48. The maximum atomic E-state index is 12.2. The molecule has 0 N–H and O–H groups in total. The van der Waals surface area contributed by atoms with Gasteiger partial charge in [-0.1, -0.05) is 6.07 Å². The highest BCUT2D eigenvalue weighted by atomic mass is 16.6. The molecule has 1 amide bonds. The first-order valence-corrected chi connectivity index (χ1v) is 10.1. The van der Waals surface area contributed by atoms with Crippen molar-refractivity contribution in [2.45, 2.75) is 64.3 Å². The van der Waals surface area contributed by atoms with Gasteiger partial charge in [0.1, 0.15) is 11.4 Å². The van der Waals surface area contributed by atoms with Crippen LogP contribution in [0.5, 0.6) is 0 Å². The molecule has 0 atom stereocenters. The van der Waals surface area contributed by atoms with Crippen LogP contribution in [0.15, 0.2) is 18.3 Å². The van der Waals surface area contributed by atoms with Gasteiger partial charge in [0.15, 0.2) is 0 Å². The highest BCUT2D eigenvalue weighted by Gasteiger charge is 2.29. The van der Waals surface area contributed by atoms with Crippen LogP contribution in [0.1, 0.15) is 46.5 Å². The predicted octanol–water partition coefficient (Wildman–Crippen LogP) is 4.02. The zero-order chi connectivity index (χ0) is 20.1. The Kier molecular flexibility index (Phi) is 6.40. The summed E-state index contributed by atoms with van der Waals surface area (Å²) < 4.78 is 11.8. The summed E-state index contributed by atoms with van der Waals surface area (Å²) in [4.78, 5) is 24.0. The molecular weight excluding hydrogens is 356 g/mol. The van der Waals surface area contributed by atoms with Gasteiger partial charge in [0, 0.05) is 32.4 Å². The summed E-state index contributed by atoms with van der Waals surface area (Å²) in [5.74, 6) is 0.927. The fourth-order valence-corrected chi connectivity index (χ4v) is 3.63. The highest BCUT2D eigenvalue weighted by molar-refractivity contribution is 5.68. The van der Waals surface area contributed by atoms with Crippen LogP contribution in [0.2, 0.25) is 0 Å². The summed E-state index contributed by atoms with van der Waals surface area (Å²) in [6, 6.07) is 3.73. The van der Waals surface area contributed by atoms with E-state index in [1.807, 2.05) is 32.9 Å². The second kappa shape index (κ2) is 8.78. The average molecular weight is 386 g/mol. The number of rotatable bonds is 3. The van der Waals surface area contributed by atoms with Crippen LogP contribution >= 0.6 is 0 Å². The molecule has 2 fully saturated rings. The van der Waals surface area contributed by atoms with Crippen molar-refractivity contribution in [1.29, 1.82) is 0 Å². The number of hydrogen-bond acceptors (Lipinski definition) is 5. The molecule has 1 aromatic rings. The van der Waals surface area contributed by atoms with Crippen LogP contribution in [-0.2, 0) is 9.47 Å². The van der Waals surface area contributed by atoms with Gasteiger partial charge in [-0.05, 0) is 52.5 Å². The van der Waals surface area contributed by atoms with Gasteiger partial charge in [-0.2, -0.15) is 0 Å². The van der Waals surface area contributed by atoms with Gasteiger partial charge in [-0.15, -0.1) is 0 Å². The van der Waals surface area contributed by atoms with Gasteiger partial charge in [-0.3, -0.25) is 4.98 Å². The third-order valence-electron chi connectivity index (χ3n) is 5.11. The highest BCUT2D eigenvalue weighted by Crippen LogP contribution is 2.25. The number of nitrogens with zero attached hydrogens (tertiary/aromatic N) is 4. The zero-order valence-electron chi connectivity index (χ0n) is 17.1. The van der Waals surface area contributed by atoms with E-state index in [2.05, 4.69) is 14.7 Å². The maximum absolute atomic E-state index is 12.2. The minimum atomic E-state index is -0.455. The van der Waals surface area contributed by atoms with Gasteiger partial charge in [0.05, 0.1) is 18.8 Å². The van der Waals surface area contributed by atoms with Gasteiger partial charge in [-0.25, -0.2) is 9.64 Å². The van der Waals surface area contributed by atoms with Crippen LogP contribution < -0.4 is 4.90 Å². The zero-order valence-corrected chi connectivity index (χ0v) is 17.1. The topological polar surface area (TPSA) is 59.3 Å². The number of amides is 1. The van der Waals surface area contributed by atoms with E-state index in [1.54, 1.807) is 11.1 Å². The molecule has 2 aliphatic rings. The van der Waals surface area contributed by atoms with E-state index >= 15 is 0 Å². The number of aromatic nitrogens is 1. The summed E-state index contributed by atoms with van der Waals surface area (Å²) in [6.45, 7) is 15.9. The number of likely N-dealkylation sites (tertiary alicyclic amines) is 1. The lowest BCUT2D eigenvalue weighted by Gasteiger charge is -2.37. The smallest absolute Gasteiger partial charge is 0.410 e. The van der Waals surface area contributed by atoms with Crippen molar-refractivity contribution in [3.8, 4) is 0 Å². The van der Waals surface area contributed by atoms with E-state index in [0.29, 0.717) is 18.8 Å². The first-order chi connectivity index (χ1) is 13.3. The fourth-order valence-electron chi connectivity index (χ4n) is 3.63. The Morgan fingerprint density at radius 3 is 2.21 bits per heavy atom. The van der Waals surface area contributed by atoms with Crippen LogP contribution in [0.3, 0.4) is 0 Å². The van der Waals surface area contributed by atoms with Crippen LogP contribution in [-0.4, -0.2) is 60.0 Å². The van der Waals surface area contributed by atoms with E-state index < -0.39 is 5.60 Å². The molecule has 3 rings (SSSR count). The Morgan fingerprint density at radius 2 is 1.71 bits per heavy atom. The Hall–Kier alpha value is -2.33. The number of hydrogen-bond donors (Lipinski definition) is 0. The molecule has 0 saturated carbocycles. The molecule has 7 nitrogen and oxygen atoms in total. The van der Waals surface area contributed by atoms with E-state index in [4.69, 9.17) is 16.0 Å². The molecular formula is C21H30N4O3. The molecule has 0 aliphatic carbocycles. The number of ether oxygens (including phenoxy) is 2. The molecule has 0 bridgehead atoms. The van der Waals surface area contributed by atoms with Crippen molar-refractivity contribution in [3.63, 3.8) is 0 Å². The van der Waals surface area contributed by atoms with E-state index in [0.717, 1.165) is 44.6 Å². The van der Waals surface area contributed by atoms with Crippen molar-refractivity contribution in [2.75, 3.05) is 31.1 Å². The molecule has 0 radical (unpaired) electrons. The van der Waals surface area contributed by atoms with Crippen molar-refractivity contribution in [1.82, 2.24) is 9.88 Å². The molecule has 0 spiro atoms. The Balaban J connectivity index is 1.40. The van der Waals surface area contributed by atoms with Crippen LogP contribution in [0.4, 0.5) is 16.3 Å². The number of carbonyl (C=O) groups excluding carboxylic acids is 1. The standard InChI is InChI=1S/C21H30N4O3/c1-21(2,3)28-20(26)25-13-9-18(10-14-25)27-17-7-11-24(12-8-17)19-6-5-16(22-4)15-23-19/h5-6,15,17-18H,7-14H2,1-3H3. The quantitative estimate of drug-likeness (QED) is 0.735. The van der Waals surface area contributed by atoms with Gasteiger partial charge >= 0.3 is 6.09 Å². The van der Waals surface area contributed by atoms with Crippen LogP contribution in [0, 0.1) is 6.57 Å². The van der Waals surface area contributed by atoms with Crippen molar-refractivity contribution in [3.05, 3.63) is 29.7 Å². The number of pyridine rings is 1. The minimum Gasteiger partial charge on any atom is -0.444 e. The molecule has 28 heavy (non-hydrogen) atoms. The van der Waals surface area contributed by atoms with Crippen LogP contribution in [0.25, 0.3) is 4.85 Å². The largest absolute Gasteiger partial charge is 0.444 e. The summed E-state index contributed by atoms with van der Waals surface area (Å²) in [5, 5.41) is 0.